The molecule has 88 valence electrons. The zero-order valence-electron chi connectivity index (χ0n) is 9.44. The molecule has 0 radical (unpaired) electrons. The third kappa shape index (κ3) is 3.15. The third-order valence-electron chi connectivity index (χ3n) is 2.44. The molecular weight excluding hydrogens is 424 g/mol. The van der Waals surface area contributed by atoms with E-state index in [9.17, 15) is 9.59 Å². The second-order valence-electron chi connectivity index (χ2n) is 3.64. The maximum absolute atomic E-state index is 12.0. The fourth-order valence-electron chi connectivity index (χ4n) is 1.66. The van der Waals surface area contributed by atoms with Gasteiger partial charge in [-0.05, 0) is 0 Å². The molecule has 1 saturated heterocycles. The third-order valence-corrected chi connectivity index (χ3v) is 9.71. The van der Waals surface area contributed by atoms with E-state index in [1.807, 2.05) is 0 Å². The minimum atomic E-state index is -1.87. The minimum absolute atomic E-state index is 0.155. The fourth-order valence-corrected chi connectivity index (χ4v) is 7.51. The Morgan fingerprint density at radius 3 is 2.62 bits per heavy atom. The summed E-state index contributed by atoms with van der Waals surface area (Å²) in [5.41, 5.74) is 0. The summed E-state index contributed by atoms with van der Waals surface area (Å²) in [6.07, 6.45) is -1.91. The van der Waals surface area contributed by atoms with E-state index in [0.717, 1.165) is 0 Å². The van der Waals surface area contributed by atoms with E-state index in [4.69, 9.17) is 22.5 Å². The molecule has 5 nitrogen and oxygen atoms in total. The number of Topliss-reactive ketones (excluding diaryl/α,β-unsaturated/α-hetero) is 1. The predicted octanol–water partition coefficient (Wildman–Crippen LogP) is 0.903. The Morgan fingerprint density at radius 2 is 2.19 bits per heavy atom. The molecule has 0 aromatic heterocycles. The van der Waals surface area contributed by atoms with E-state index in [1.165, 1.54) is 14.0 Å². The molecule has 0 spiro atoms. The van der Waals surface area contributed by atoms with Gasteiger partial charge in [0, 0.05) is 0 Å². The first kappa shape index (κ1) is 14.3. The first-order valence-electron chi connectivity index (χ1n) is 4.96. The summed E-state index contributed by atoms with van der Waals surface area (Å²) in [7, 11) is 7.38. The Kier molecular flexibility index (Phi) is 5.63. The summed E-state index contributed by atoms with van der Waals surface area (Å²) < 4.78 is 15.1. The molecule has 1 aliphatic heterocycles. The van der Waals surface area contributed by atoms with Crippen molar-refractivity contribution in [3.63, 3.8) is 0 Å². The van der Waals surface area contributed by atoms with Crippen LogP contribution < -0.4 is 0 Å². The summed E-state index contributed by atoms with van der Waals surface area (Å²) >= 11 is -1.87. The summed E-state index contributed by atoms with van der Waals surface area (Å²) in [6.45, 7) is 2.95. The average Bonchev–Trinajstić information content (AvgIpc) is 2.23. The van der Waals surface area contributed by atoms with E-state index in [2.05, 4.69) is 0 Å². The van der Waals surface area contributed by atoms with Crippen LogP contribution in [0.2, 0.25) is 3.43 Å². The number of methoxy groups -OCH3 is 1. The molecule has 1 aliphatic rings. The first-order chi connectivity index (χ1) is 7.51. The van der Waals surface area contributed by atoms with Crippen LogP contribution in [-0.4, -0.2) is 37.4 Å². The molecule has 0 aromatic carbocycles. The summed E-state index contributed by atoms with van der Waals surface area (Å²) in [5, 5.41) is 0. The Morgan fingerprint density at radius 1 is 1.56 bits per heavy atom. The Hall–Kier alpha value is 0.285. The number of ether oxygens (including phenoxy) is 3. The van der Waals surface area contributed by atoms with Gasteiger partial charge in [0.1, 0.15) is 0 Å². The van der Waals surface area contributed by atoms with Crippen LogP contribution in [0.4, 0.5) is 0 Å². The number of hydrogen-bond acceptors (Lipinski definition) is 5. The number of hydrogen-bond donors (Lipinski definition) is 0. The summed E-state index contributed by atoms with van der Waals surface area (Å²) in [6, 6.07) is 0. The van der Waals surface area contributed by atoms with Gasteiger partial charge in [0.05, 0.1) is 0 Å². The van der Waals surface area contributed by atoms with E-state index >= 15 is 0 Å². The van der Waals surface area contributed by atoms with E-state index in [1.54, 1.807) is 6.92 Å². The van der Waals surface area contributed by atoms with Crippen LogP contribution in [0.3, 0.4) is 0 Å². The molecule has 1 fully saturated rings. The van der Waals surface area contributed by atoms with Gasteiger partial charge in [-0.15, -0.1) is 0 Å². The molecule has 4 atom stereocenters. The van der Waals surface area contributed by atoms with Crippen molar-refractivity contribution >= 4 is 20.0 Å². The number of rotatable bonds is 3. The van der Waals surface area contributed by atoms with Gasteiger partial charge in [-0.3, -0.25) is 0 Å². The molecule has 0 aliphatic carbocycles. The van der Waals surface area contributed by atoms with Gasteiger partial charge in [-0.2, -0.15) is 0 Å². The van der Waals surface area contributed by atoms with Crippen LogP contribution in [0.5, 0.6) is 0 Å². The van der Waals surface area contributed by atoms with E-state index in [-0.39, 0.29) is 9.21 Å². The predicted molar refractivity (Wildman–Crippen MR) is 51.5 cm³/mol. The topological polar surface area (TPSA) is 61.8 Å². The molecule has 2 unspecified atom stereocenters. The van der Waals surface area contributed by atoms with Crippen molar-refractivity contribution in [1.82, 2.24) is 0 Å². The van der Waals surface area contributed by atoms with Crippen molar-refractivity contribution in [3.05, 3.63) is 0 Å². The fraction of sp³-hybridized carbons (Fsp3) is 0.778. The van der Waals surface area contributed by atoms with Crippen LogP contribution >= 0.6 is 8.25 Å². The molecule has 1 rings (SSSR count). The molecule has 0 aromatic rings. The number of halogens is 1. The van der Waals surface area contributed by atoms with Gasteiger partial charge in [-0.25, -0.2) is 0 Å². The van der Waals surface area contributed by atoms with Gasteiger partial charge in [0.15, 0.2) is 0 Å². The zero-order valence-corrected chi connectivity index (χ0v) is 15.7. The molecule has 0 bridgehead atoms. The maximum atomic E-state index is 12.0. The van der Waals surface area contributed by atoms with Crippen molar-refractivity contribution < 1.29 is 47.1 Å². The summed E-state index contributed by atoms with van der Waals surface area (Å²) in [5.74, 6) is -0.646. The normalized spacial score (nSPS) is 34.4. The Labute approximate surface area is 110 Å². The van der Waals surface area contributed by atoms with Crippen molar-refractivity contribution in [1.29, 1.82) is 0 Å². The number of carbonyl (C=O) groups is 2. The van der Waals surface area contributed by atoms with Crippen molar-refractivity contribution in [2.24, 2.45) is 0 Å². The average molecular weight is 437 g/mol. The monoisotopic (exact) mass is 438 g/mol. The van der Waals surface area contributed by atoms with Crippen molar-refractivity contribution in [2.75, 3.05) is 7.11 Å². The quantitative estimate of drug-likeness (QED) is 0.485. The van der Waals surface area contributed by atoms with Crippen LogP contribution in [0, 0.1) is 0 Å². The Bertz CT molecular complexity index is 285. The second-order valence-corrected chi connectivity index (χ2v) is 11.0. The van der Waals surface area contributed by atoms with Crippen LogP contribution in [0.1, 0.15) is 13.8 Å². The number of ketones is 1. The van der Waals surface area contributed by atoms with Gasteiger partial charge in [0.2, 0.25) is 0 Å². The van der Waals surface area contributed by atoms with Crippen LogP contribution in [0.15, 0.2) is 0 Å². The van der Waals surface area contributed by atoms with Crippen molar-refractivity contribution in [3.8, 4) is 0 Å². The van der Waals surface area contributed by atoms with Gasteiger partial charge < -0.3 is 0 Å². The first-order valence-corrected chi connectivity index (χ1v) is 14.9. The van der Waals surface area contributed by atoms with Crippen LogP contribution in [-0.2, 0) is 47.1 Å². The standard InChI is InChI=1S/C9H13O5.ClH.Hg/c1-5-9(14-6(2)10)7(11)4-8(12-3)13-5;;/h4-5,8-9H,1-3H3;1H;/q;;+1/p-1/t5-,8?,9-;;/m0../s1. The van der Waals surface area contributed by atoms with Crippen LogP contribution in [0.25, 0.3) is 0 Å². The number of esters is 1. The summed E-state index contributed by atoms with van der Waals surface area (Å²) in [4.78, 5) is 22.9. The van der Waals surface area contributed by atoms with Crippen molar-refractivity contribution in [2.45, 2.75) is 35.8 Å². The molecule has 16 heavy (non-hydrogen) atoms. The SMILES string of the molecule is COC1O[C@@H](C)[C@H](OC(C)=O)C(=O)[CH]1[Hg][Cl]. The van der Waals surface area contributed by atoms with E-state index in [0.29, 0.717) is 0 Å². The molecular formula is C9H13ClHgO5. The molecule has 0 saturated carbocycles. The van der Waals surface area contributed by atoms with Gasteiger partial charge in [0.25, 0.3) is 0 Å². The molecule has 0 N–H and O–H groups in total. The molecule has 7 heteroatoms. The van der Waals surface area contributed by atoms with Gasteiger partial charge in [-0.1, -0.05) is 0 Å². The van der Waals surface area contributed by atoms with Gasteiger partial charge >= 0.3 is 110 Å². The number of carbonyl (C=O) groups excluding carboxylic acids is 2. The molecule has 0 amide bonds. The Balaban J connectivity index is 2.81. The second kappa shape index (κ2) is 6.28. The molecule has 1 heterocycles. The zero-order chi connectivity index (χ0) is 12.3. The van der Waals surface area contributed by atoms with E-state index < -0.39 is 47.8 Å².